The Labute approximate surface area is 98.9 Å². The summed E-state index contributed by atoms with van der Waals surface area (Å²) in [5.74, 6) is -0.568. The maximum Gasteiger partial charge on any atom is 0.211 e. The molecule has 0 saturated heterocycles. The van der Waals surface area contributed by atoms with E-state index in [1.165, 1.54) is 6.07 Å². The van der Waals surface area contributed by atoms with E-state index in [9.17, 15) is 9.18 Å². The van der Waals surface area contributed by atoms with Crippen LogP contribution in [-0.2, 0) is 6.54 Å². The van der Waals surface area contributed by atoms with E-state index in [2.05, 4.69) is 5.10 Å². The molecule has 0 radical (unpaired) electrons. The molecule has 0 N–H and O–H groups in total. The second kappa shape index (κ2) is 4.49. The maximum absolute atomic E-state index is 13.4. The molecular weight excluding hydrogens is 219 g/mol. The molecule has 0 bridgehead atoms. The molecule has 0 aliphatic rings. The zero-order chi connectivity index (χ0) is 12.4. The van der Waals surface area contributed by atoms with Crippen molar-refractivity contribution in [1.82, 2.24) is 9.78 Å². The maximum atomic E-state index is 13.4. The first-order valence-corrected chi connectivity index (χ1v) is 5.46. The van der Waals surface area contributed by atoms with Crippen molar-refractivity contribution in [1.29, 1.82) is 0 Å². The highest BCUT2D eigenvalue weighted by molar-refractivity contribution is 6.07. The first-order chi connectivity index (χ1) is 8.13. The van der Waals surface area contributed by atoms with Crippen molar-refractivity contribution >= 4 is 5.78 Å². The number of aryl methyl sites for hydroxylation is 2. The van der Waals surface area contributed by atoms with Crippen molar-refractivity contribution in [2.45, 2.75) is 20.4 Å². The number of nitrogens with zero attached hydrogens (tertiary/aromatic N) is 2. The monoisotopic (exact) mass is 232 g/mol. The van der Waals surface area contributed by atoms with Gasteiger partial charge in [0.05, 0.1) is 0 Å². The smallest absolute Gasteiger partial charge is 0.211 e. The number of halogens is 1. The predicted octanol–water partition coefficient (Wildman–Crippen LogP) is 2.58. The molecule has 0 saturated carbocycles. The Bertz CT molecular complexity index is 560. The van der Waals surface area contributed by atoms with Crippen LogP contribution in [0.3, 0.4) is 0 Å². The van der Waals surface area contributed by atoms with Gasteiger partial charge in [-0.3, -0.25) is 9.48 Å². The largest absolute Gasteiger partial charge is 0.287 e. The average molecular weight is 232 g/mol. The minimum atomic E-state index is -0.363. The van der Waals surface area contributed by atoms with E-state index < -0.39 is 0 Å². The van der Waals surface area contributed by atoms with Gasteiger partial charge in [0.25, 0.3) is 0 Å². The third-order valence-electron chi connectivity index (χ3n) is 2.68. The van der Waals surface area contributed by atoms with Gasteiger partial charge in [0.2, 0.25) is 5.78 Å². The minimum Gasteiger partial charge on any atom is -0.287 e. The van der Waals surface area contributed by atoms with E-state index in [1.807, 2.05) is 6.92 Å². The molecule has 17 heavy (non-hydrogen) atoms. The highest BCUT2D eigenvalue weighted by Crippen LogP contribution is 2.13. The van der Waals surface area contributed by atoms with Gasteiger partial charge >= 0.3 is 0 Å². The van der Waals surface area contributed by atoms with Gasteiger partial charge in [-0.05, 0) is 31.5 Å². The van der Waals surface area contributed by atoms with Crippen LogP contribution in [0.4, 0.5) is 4.39 Å². The van der Waals surface area contributed by atoms with Crippen molar-refractivity contribution in [2.24, 2.45) is 0 Å². The van der Waals surface area contributed by atoms with E-state index in [0.717, 1.165) is 0 Å². The van der Waals surface area contributed by atoms with Crippen LogP contribution in [0.2, 0.25) is 0 Å². The first kappa shape index (κ1) is 11.5. The lowest BCUT2D eigenvalue weighted by Gasteiger charge is -2.05. The minimum absolute atomic E-state index is 0.205. The third-order valence-corrected chi connectivity index (χ3v) is 2.68. The quantitative estimate of drug-likeness (QED) is 0.762. The SMILES string of the molecule is CCn1nccc1C(=O)c1ccc(C)c(F)c1. The van der Waals surface area contributed by atoms with Gasteiger partial charge < -0.3 is 0 Å². The van der Waals surface area contributed by atoms with Crippen LogP contribution in [-0.4, -0.2) is 15.6 Å². The third kappa shape index (κ3) is 2.11. The van der Waals surface area contributed by atoms with E-state index in [-0.39, 0.29) is 11.6 Å². The van der Waals surface area contributed by atoms with Gasteiger partial charge in [-0.15, -0.1) is 0 Å². The predicted molar refractivity (Wildman–Crippen MR) is 62.5 cm³/mol. The molecule has 4 heteroatoms. The molecule has 0 unspecified atom stereocenters. The fourth-order valence-electron chi connectivity index (χ4n) is 1.66. The molecule has 3 nitrogen and oxygen atoms in total. The lowest BCUT2D eigenvalue weighted by molar-refractivity contribution is 0.102. The molecule has 0 aliphatic heterocycles. The molecule has 2 rings (SSSR count). The topological polar surface area (TPSA) is 34.9 Å². The highest BCUT2D eigenvalue weighted by Gasteiger charge is 2.14. The highest BCUT2D eigenvalue weighted by atomic mass is 19.1. The number of aromatic nitrogens is 2. The number of carbonyl (C=O) groups excluding carboxylic acids is 1. The second-order valence-electron chi connectivity index (χ2n) is 3.83. The normalized spacial score (nSPS) is 10.5. The fourth-order valence-corrected chi connectivity index (χ4v) is 1.66. The molecule has 0 aliphatic carbocycles. The van der Waals surface area contributed by atoms with Gasteiger partial charge in [-0.25, -0.2) is 4.39 Å². The molecule has 0 fully saturated rings. The number of hydrogen-bond acceptors (Lipinski definition) is 2. The van der Waals surface area contributed by atoms with Crippen molar-refractivity contribution in [3.63, 3.8) is 0 Å². The number of benzene rings is 1. The number of carbonyl (C=O) groups is 1. The second-order valence-corrected chi connectivity index (χ2v) is 3.83. The lowest BCUT2D eigenvalue weighted by atomic mass is 10.1. The van der Waals surface area contributed by atoms with Gasteiger partial charge in [0.15, 0.2) is 0 Å². The van der Waals surface area contributed by atoms with E-state index in [1.54, 1.807) is 36.0 Å². The van der Waals surface area contributed by atoms with Crippen LogP contribution < -0.4 is 0 Å². The van der Waals surface area contributed by atoms with Crippen LogP contribution in [0.1, 0.15) is 28.5 Å². The van der Waals surface area contributed by atoms with Crippen LogP contribution in [0.25, 0.3) is 0 Å². The van der Waals surface area contributed by atoms with Crippen molar-refractivity contribution in [2.75, 3.05) is 0 Å². The Morgan fingerprint density at radius 3 is 2.82 bits per heavy atom. The van der Waals surface area contributed by atoms with Gasteiger partial charge in [0.1, 0.15) is 11.5 Å². The van der Waals surface area contributed by atoms with E-state index in [4.69, 9.17) is 0 Å². The van der Waals surface area contributed by atoms with E-state index in [0.29, 0.717) is 23.4 Å². The Hall–Kier alpha value is -1.97. The summed E-state index contributed by atoms with van der Waals surface area (Å²) in [6.45, 7) is 4.18. The molecule has 1 aromatic carbocycles. The molecule has 0 atom stereocenters. The average Bonchev–Trinajstić information content (AvgIpc) is 2.80. The molecule has 1 aromatic heterocycles. The van der Waals surface area contributed by atoms with Crippen molar-refractivity contribution < 1.29 is 9.18 Å². The summed E-state index contributed by atoms with van der Waals surface area (Å²) < 4.78 is 15.0. The van der Waals surface area contributed by atoms with Crippen molar-refractivity contribution in [3.05, 3.63) is 53.1 Å². The van der Waals surface area contributed by atoms with Gasteiger partial charge in [-0.2, -0.15) is 5.10 Å². The lowest BCUT2D eigenvalue weighted by Crippen LogP contribution is -2.10. The zero-order valence-electron chi connectivity index (χ0n) is 9.77. The number of hydrogen-bond donors (Lipinski definition) is 0. The molecule has 1 heterocycles. The van der Waals surface area contributed by atoms with Crippen molar-refractivity contribution in [3.8, 4) is 0 Å². The number of ketones is 1. The van der Waals surface area contributed by atoms with Gasteiger partial charge in [0, 0.05) is 18.3 Å². The Morgan fingerprint density at radius 2 is 2.18 bits per heavy atom. The molecule has 88 valence electrons. The molecule has 0 amide bonds. The first-order valence-electron chi connectivity index (χ1n) is 5.46. The summed E-state index contributed by atoms with van der Waals surface area (Å²) in [7, 11) is 0. The fraction of sp³-hybridized carbons (Fsp3) is 0.231. The van der Waals surface area contributed by atoms with E-state index >= 15 is 0 Å². The molecular formula is C13H13FN2O. The Morgan fingerprint density at radius 1 is 1.41 bits per heavy atom. The summed E-state index contributed by atoms with van der Waals surface area (Å²) in [6, 6.07) is 6.15. The Balaban J connectivity index is 2.40. The summed E-state index contributed by atoms with van der Waals surface area (Å²) in [5, 5.41) is 4.02. The summed E-state index contributed by atoms with van der Waals surface area (Å²) in [4.78, 5) is 12.1. The number of rotatable bonds is 3. The standard InChI is InChI=1S/C13H13FN2O/c1-3-16-12(6-7-15-16)13(17)10-5-4-9(2)11(14)8-10/h4-8H,3H2,1-2H3. The zero-order valence-corrected chi connectivity index (χ0v) is 9.77. The summed E-state index contributed by atoms with van der Waals surface area (Å²) in [6.07, 6.45) is 1.57. The molecule has 2 aromatic rings. The van der Waals surface area contributed by atoms with Crippen LogP contribution in [0.15, 0.2) is 30.5 Å². The summed E-state index contributed by atoms with van der Waals surface area (Å²) in [5.41, 5.74) is 1.37. The van der Waals surface area contributed by atoms with Crippen LogP contribution in [0, 0.1) is 12.7 Å². The Kier molecular flexibility index (Phi) is 3.04. The van der Waals surface area contributed by atoms with Crippen LogP contribution >= 0.6 is 0 Å². The summed E-state index contributed by atoms with van der Waals surface area (Å²) >= 11 is 0. The molecule has 0 spiro atoms. The van der Waals surface area contributed by atoms with Gasteiger partial charge in [-0.1, -0.05) is 12.1 Å². The van der Waals surface area contributed by atoms with Crippen LogP contribution in [0.5, 0.6) is 0 Å².